The van der Waals surface area contributed by atoms with Crippen LogP contribution < -0.4 is 15.4 Å². The van der Waals surface area contributed by atoms with Crippen LogP contribution in [0, 0.1) is 0 Å². The number of rotatable bonds is 5. The molecule has 25 heavy (non-hydrogen) atoms. The fraction of sp³-hybridized carbons (Fsp3) is 0.350. The summed E-state index contributed by atoms with van der Waals surface area (Å²) in [7, 11) is 1.66. The van der Waals surface area contributed by atoms with Gasteiger partial charge in [0.05, 0.1) is 19.7 Å². The van der Waals surface area contributed by atoms with Crippen molar-refractivity contribution in [2.75, 3.05) is 13.7 Å². The van der Waals surface area contributed by atoms with Gasteiger partial charge in [0.15, 0.2) is 0 Å². The largest absolute Gasteiger partial charge is 0.496 e. The van der Waals surface area contributed by atoms with Gasteiger partial charge >= 0.3 is 6.03 Å². The molecule has 0 bridgehead atoms. The summed E-state index contributed by atoms with van der Waals surface area (Å²) in [6, 6.07) is 14.9. The highest BCUT2D eigenvalue weighted by Gasteiger charge is 2.28. The van der Waals surface area contributed by atoms with E-state index in [-0.39, 0.29) is 18.6 Å². The van der Waals surface area contributed by atoms with Crippen LogP contribution in [0.1, 0.15) is 36.1 Å². The first kappa shape index (κ1) is 17.3. The van der Waals surface area contributed by atoms with Crippen molar-refractivity contribution in [2.45, 2.75) is 31.4 Å². The number of ether oxygens (including phenoxy) is 1. The van der Waals surface area contributed by atoms with Crippen molar-refractivity contribution in [3.63, 3.8) is 0 Å². The number of methoxy groups -OCH3 is 1. The van der Waals surface area contributed by atoms with E-state index < -0.39 is 5.60 Å². The van der Waals surface area contributed by atoms with Gasteiger partial charge in [0.2, 0.25) is 0 Å². The van der Waals surface area contributed by atoms with Crippen molar-refractivity contribution < 1.29 is 14.6 Å². The standard InChI is InChI=1S/C20H24N2O3/c1-20(24,14-7-4-3-5-8-14)13-21-19(23)22-17-12-11-16-15(17)9-6-10-18(16)25-2/h3-10,17,24H,11-13H2,1-2H3,(H2,21,22,23). The molecule has 0 radical (unpaired) electrons. The second-order valence-corrected chi connectivity index (χ2v) is 6.59. The second-order valence-electron chi connectivity index (χ2n) is 6.59. The Morgan fingerprint density at radius 1 is 1.24 bits per heavy atom. The zero-order chi connectivity index (χ0) is 17.9. The van der Waals surface area contributed by atoms with Gasteiger partial charge in [-0.3, -0.25) is 0 Å². The molecular formula is C20H24N2O3. The molecule has 0 saturated carbocycles. The highest BCUT2D eigenvalue weighted by Crippen LogP contribution is 2.36. The normalized spacial score (nSPS) is 18.1. The molecule has 132 valence electrons. The SMILES string of the molecule is COc1cccc2c1CCC2NC(=O)NCC(C)(O)c1ccccc1. The lowest BCUT2D eigenvalue weighted by molar-refractivity contribution is 0.0592. The molecule has 2 aromatic rings. The topological polar surface area (TPSA) is 70.6 Å². The molecule has 0 spiro atoms. The van der Waals surface area contributed by atoms with Crippen LogP contribution in [0.3, 0.4) is 0 Å². The van der Waals surface area contributed by atoms with E-state index in [4.69, 9.17) is 4.74 Å². The van der Waals surface area contributed by atoms with Crippen molar-refractivity contribution in [1.82, 2.24) is 10.6 Å². The fourth-order valence-electron chi connectivity index (χ4n) is 3.32. The van der Waals surface area contributed by atoms with Gasteiger partial charge in [-0.15, -0.1) is 0 Å². The van der Waals surface area contributed by atoms with Gasteiger partial charge in [-0.1, -0.05) is 42.5 Å². The minimum absolute atomic E-state index is 0.0354. The van der Waals surface area contributed by atoms with Gasteiger partial charge < -0.3 is 20.5 Å². The lowest BCUT2D eigenvalue weighted by atomic mass is 9.96. The average Bonchev–Trinajstić information content (AvgIpc) is 3.04. The molecule has 3 rings (SSSR count). The molecule has 0 heterocycles. The molecule has 3 N–H and O–H groups in total. The average molecular weight is 340 g/mol. The Hall–Kier alpha value is -2.53. The zero-order valence-corrected chi connectivity index (χ0v) is 14.6. The number of fused-ring (bicyclic) bond motifs is 1. The summed E-state index contributed by atoms with van der Waals surface area (Å²) >= 11 is 0. The van der Waals surface area contributed by atoms with E-state index in [1.807, 2.05) is 48.5 Å². The van der Waals surface area contributed by atoms with Crippen molar-refractivity contribution in [1.29, 1.82) is 0 Å². The first-order chi connectivity index (χ1) is 12.0. The summed E-state index contributed by atoms with van der Waals surface area (Å²) in [5, 5.41) is 16.3. The van der Waals surface area contributed by atoms with Crippen molar-refractivity contribution >= 4 is 6.03 Å². The number of urea groups is 1. The number of amides is 2. The van der Waals surface area contributed by atoms with Crippen LogP contribution in [0.2, 0.25) is 0 Å². The summed E-state index contributed by atoms with van der Waals surface area (Å²) in [5.74, 6) is 0.870. The molecular weight excluding hydrogens is 316 g/mol. The molecule has 2 atom stereocenters. The van der Waals surface area contributed by atoms with E-state index in [9.17, 15) is 9.90 Å². The first-order valence-corrected chi connectivity index (χ1v) is 8.49. The smallest absolute Gasteiger partial charge is 0.315 e. The molecule has 0 saturated heterocycles. The highest BCUT2D eigenvalue weighted by molar-refractivity contribution is 5.75. The van der Waals surface area contributed by atoms with E-state index in [1.165, 1.54) is 0 Å². The Morgan fingerprint density at radius 3 is 2.72 bits per heavy atom. The summed E-state index contributed by atoms with van der Waals surface area (Å²) in [6.45, 7) is 1.83. The van der Waals surface area contributed by atoms with Gasteiger partial charge in [0.1, 0.15) is 11.4 Å². The molecule has 1 aliphatic rings. The van der Waals surface area contributed by atoms with Gasteiger partial charge in [0.25, 0.3) is 0 Å². The fourth-order valence-corrected chi connectivity index (χ4v) is 3.32. The summed E-state index contributed by atoms with van der Waals surface area (Å²) in [5.41, 5.74) is 1.91. The quantitative estimate of drug-likeness (QED) is 0.784. The third kappa shape index (κ3) is 3.77. The maximum atomic E-state index is 12.3. The Labute approximate surface area is 148 Å². The predicted molar refractivity (Wildman–Crippen MR) is 96.6 cm³/mol. The van der Waals surface area contributed by atoms with Crippen LogP contribution in [0.15, 0.2) is 48.5 Å². The third-order valence-electron chi connectivity index (χ3n) is 4.74. The van der Waals surface area contributed by atoms with Crippen LogP contribution in [-0.4, -0.2) is 24.8 Å². The van der Waals surface area contributed by atoms with Gasteiger partial charge in [-0.2, -0.15) is 0 Å². The molecule has 2 aromatic carbocycles. The van der Waals surface area contributed by atoms with Crippen LogP contribution in [-0.2, 0) is 12.0 Å². The van der Waals surface area contributed by atoms with E-state index >= 15 is 0 Å². The number of hydrogen-bond donors (Lipinski definition) is 3. The molecule has 5 heteroatoms. The van der Waals surface area contributed by atoms with E-state index in [0.717, 1.165) is 35.3 Å². The molecule has 0 fully saturated rings. The van der Waals surface area contributed by atoms with Gasteiger partial charge in [-0.05, 0) is 42.5 Å². The Balaban J connectivity index is 1.60. The minimum atomic E-state index is -1.12. The Bertz CT molecular complexity index is 744. The van der Waals surface area contributed by atoms with Crippen LogP contribution in [0.25, 0.3) is 0 Å². The molecule has 0 aliphatic heterocycles. The van der Waals surface area contributed by atoms with Crippen LogP contribution in [0.5, 0.6) is 5.75 Å². The zero-order valence-electron chi connectivity index (χ0n) is 14.6. The molecule has 0 aromatic heterocycles. The summed E-state index contributed by atoms with van der Waals surface area (Å²) < 4.78 is 5.39. The number of hydrogen-bond acceptors (Lipinski definition) is 3. The Morgan fingerprint density at radius 2 is 2.00 bits per heavy atom. The lowest BCUT2D eigenvalue weighted by Gasteiger charge is -2.25. The maximum Gasteiger partial charge on any atom is 0.315 e. The number of aliphatic hydroxyl groups is 1. The van der Waals surface area contributed by atoms with Gasteiger partial charge in [0, 0.05) is 0 Å². The molecule has 1 aliphatic carbocycles. The monoisotopic (exact) mass is 340 g/mol. The highest BCUT2D eigenvalue weighted by atomic mass is 16.5. The number of carbonyl (C=O) groups is 1. The minimum Gasteiger partial charge on any atom is -0.496 e. The van der Waals surface area contributed by atoms with Crippen molar-refractivity contribution in [3.8, 4) is 5.75 Å². The second kappa shape index (κ2) is 7.15. The number of carbonyl (C=O) groups excluding carboxylic acids is 1. The van der Waals surface area contributed by atoms with Crippen molar-refractivity contribution in [3.05, 3.63) is 65.2 Å². The summed E-state index contributed by atoms with van der Waals surface area (Å²) in [6.07, 6.45) is 1.73. The third-order valence-corrected chi connectivity index (χ3v) is 4.74. The first-order valence-electron chi connectivity index (χ1n) is 8.49. The number of nitrogens with one attached hydrogen (secondary N) is 2. The van der Waals surface area contributed by atoms with E-state index in [1.54, 1.807) is 14.0 Å². The van der Waals surface area contributed by atoms with Gasteiger partial charge in [-0.25, -0.2) is 4.79 Å². The summed E-state index contributed by atoms with van der Waals surface area (Å²) in [4.78, 5) is 12.3. The lowest BCUT2D eigenvalue weighted by Crippen LogP contribution is -2.44. The van der Waals surface area contributed by atoms with Crippen LogP contribution in [0.4, 0.5) is 4.79 Å². The van der Waals surface area contributed by atoms with Crippen LogP contribution >= 0.6 is 0 Å². The van der Waals surface area contributed by atoms with E-state index in [2.05, 4.69) is 10.6 Å². The predicted octanol–water partition coefficient (Wildman–Crippen LogP) is 2.89. The number of benzene rings is 2. The molecule has 2 amide bonds. The van der Waals surface area contributed by atoms with E-state index in [0.29, 0.717) is 0 Å². The maximum absolute atomic E-state index is 12.3. The molecule has 5 nitrogen and oxygen atoms in total. The Kier molecular flexibility index (Phi) is 4.95. The van der Waals surface area contributed by atoms with Crippen molar-refractivity contribution in [2.24, 2.45) is 0 Å². The molecule has 2 unspecified atom stereocenters.